The number of nitrogens with two attached hydrogens (primary N) is 1. The summed E-state index contributed by atoms with van der Waals surface area (Å²) in [5, 5.41) is 5.37. The fourth-order valence-electron chi connectivity index (χ4n) is 2.19. The summed E-state index contributed by atoms with van der Waals surface area (Å²) in [6.45, 7) is 3.62. The molecule has 1 amide bonds. The van der Waals surface area contributed by atoms with Crippen molar-refractivity contribution in [3.05, 3.63) is 22.1 Å². The van der Waals surface area contributed by atoms with Gasteiger partial charge in [-0.2, -0.15) is 0 Å². The first kappa shape index (κ1) is 11.9. The van der Waals surface area contributed by atoms with E-state index in [-0.39, 0.29) is 23.3 Å². The number of hydrogen-bond acceptors (Lipinski definition) is 3. The smallest absolute Gasteiger partial charge is 0.264 e. The highest BCUT2D eigenvalue weighted by Gasteiger charge is 2.30. The Bertz CT molecular complexity index is 450. The molecule has 0 radical (unpaired) electrons. The van der Waals surface area contributed by atoms with Crippen molar-refractivity contribution in [2.24, 2.45) is 11.7 Å². The monoisotopic (exact) mass is 238 g/mol. The Morgan fingerprint density at radius 2 is 2.41 bits per heavy atom. The van der Waals surface area contributed by atoms with Crippen LogP contribution in [0.2, 0.25) is 0 Å². The summed E-state index contributed by atoms with van der Waals surface area (Å²) < 4.78 is 0. The van der Waals surface area contributed by atoms with Gasteiger partial charge in [0.15, 0.2) is 0 Å². The molecule has 0 bridgehead atoms. The van der Waals surface area contributed by atoms with Gasteiger partial charge in [-0.3, -0.25) is 14.7 Å². The third-order valence-electron chi connectivity index (χ3n) is 3.33. The minimum atomic E-state index is -0.126. The number of nitrogens with one attached hydrogen (secondary N) is 2. The van der Waals surface area contributed by atoms with Gasteiger partial charge in [-0.25, -0.2) is 0 Å². The number of likely N-dealkylation sites (tertiary alicyclic amines) is 1. The third kappa shape index (κ3) is 2.41. The van der Waals surface area contributed by atoms with E-state index >= 15 is 0 Å². The maximum atomic E-state index is 11.9. The van der Waals surface area contributed by atoms with E-state index in [0.29, 0.717) is 13.1 Å². The highest BCUT2D eigenvalue weighted by molar-refractivity contribution is 5.79. The minimum Gasteiger partial charge on any atom is -0.342 e. The van der Waals surface area contributed by atoms with Gasteiger partial charge in [0.2, 0.25) is 5.91 Å². The number of aromatic amines is 2. The molecule has 6 nitrogen and oxygen atoms in total. The van der Waals surface area contributed by atoms with Crippen LogP contribution < -0.4 is 11.3 Å². The van der Waals surface area contributed by atoms with Crippen LogP contribution in [-0.2, 0) is 4.79 Å². The Balaban J connectivity index is 2.00. The Hall–Kier alpha value is -1.56. The Labute approximate surface area is 99.2 Å². The zero-order chi connectivity index (χ0) is 12.4. The molecule has 0 aliphatic carbocycles. The predicted octanol–water partition coefficient (Wildman–Crippen LogP) is -0.386. The summed E-state index contributed by atoms with van der Waals surface area (Å²) in [7, 11) is 0. The van der Waals surface area contributed by atoms with E-state index in [0.717, 1.165) is 18.7 Å². The second-order valence-electron chi connectivity index (χ2n) is 4.62. The summed E-state index contributed by atoms with van der Waals surface area (Å²) in [5.41, 5.74) is 6.25. The van der Waals surface area contributed by atoms with E-state index in [2.05, 4.69) is 10.2 Å². The molecule has 1 aromatic heterocycles. The zero-order valence-corrected chi connectivity index (χ0v) is 9.90. The number of nitrogens with zero attached hydrogens (tertiary/aromatic N) is 1. The molecule has 1 saturated heterocycles. The topological polar surface area (TPSA) is 95.0 Å². The van der Waals surface area contributed by atoms with Crippen LogP contribution in [0.15, 0.2) is 10.9 Å². The average Bonchev–Trinajstić information content (AvgIpc) is 2.95. The van der Waals surface area contributed by atoms with Crippen molar-refractivity contribution in [2.75, 3.05) is 19.6 Å². The lowest BCUT2D eigenvalue weighted by Gasteiger charge is -2.19. The SMILES string of the molecule is CC(CN)C(=O)N1CCC(c2cc(=O)[nH][nH]2)C1. The average molecular weight is 238 g/mol. The van der Waals surface area contributed by atoms with Crippen LogP contribution in [0.5, 0.6) is 0 Å². The van der Waals surface area contributed by atoms with E-state index in [1.807, 2.05) is 11.8 Å². The molecule has 1 aliphatic rings. The van der Waals surface area contributed by atoms with Gasteiger partial charge in [0.25, 0.3) is 5.56 Å². The number of amides is 1. The Morgan fingerprint density at radius 3 is 3.00 bits per heavy atom. The van der Waals surface area contributed by atoms with Crippen LogP contribution >= 0.6 is 0 Å². The van der Waals surface area contributed by atoms with Gasteiger partial charge in [0.1, 0.15) is 0 Å². The van der Waals surface area contributed by atoms with Crippen molar-refractivity contribution >= 4 is 5.91 Å². The van der Waals surface area contributed by atoms with Crippen molar-refractivity contribution in [3.8, 4) is 0 Å². The fourth-order valence-corrected chi connectivity index (χ4v) is 2.19. The number of carbonyl (C=O) groups excluding carboxylic acids is 1. The molecule has 1 aliphatic heterocycles. The molecule has 2 unspecified atom stereocenters. The van der Waals surface area contributed by atoms with Gasteiger partial charge in [-0.15, -0.1) is 0 Å². The summed E-state index contributed by atoms with van der Waals surface area (Å²) in [5.74, 6) is 0.204. The molecule has 2 rings (SSSR count). The highest BCUT2D eigenvalue weighted by atomic mass is 16.2. The molecule has 2 heterocycles. The maximum absolute atomic E-state index is 11.9. The molecule has 94 valence electrons. The van der Waals surface area contributed by atoms with Crippen LogP contribution in [0.4, 0.5) is 0 Å². The molecule has 1 fully saturated rings. The zero-order valence-electron chi connectivity index (χ0n) is 9.90. The van der Waals surface area contributed by atoms with Crippen LogP contribution in [-0.4, -0.2) is 40.6 Å². The Kier molecular flexibility index (Phi) is 3.33. The Morgan fingerprint density at radius 1 is 1.65 bits per heavy atom. The quantitative estimate of drug-likeness (QED) is 0.669. The first-order valence-electron chi connectivity index (χ1n) is 5.88. The second-order valence-corrected chi connectivity index (χ2v) is 4.62. The van der Waals surface area contributed by atoms with Crippen molar-refractivity contribution in [2.45, 2.75) is 19.3 Å². The lowest BCUT2D eigenvalue weighted by atomic mass is 10.1. The standard InChI is InChI=1S/C11H18N4O2/c1-7(5-12)11(17)15-3-2-8(6-15)9-4-10(16)14-13-9/h4,7-8H,2-3,5-6,12H2,1H3,(H2,13,14,16). The van der Waals surface area contributed by atoms with Crippen LogP contribution in [0.3, 0.4) is 0 Å². The molecule has 0 aromatic carbocycles. The van der Waals surface area contributed by atoms with Crippen molar-refractivity contribution in [1.29, 1.82) is 0 Å². The lowest BCUT2D eigenvalue weighted by Crippen LogP contribution is -2.36. The third-order valence-corrected chi connectivity index (χ3v) is 3.33. The minimum absolute atomic E-state index is 0.105. The lowest BCUT2D eigenvalue weighted by molar-refractivity contribution is -0.133. The van der Waals surface area contributed by atoms with Gasteiger partial charge in [-0.05, 0) is 6.42 Å². The van der Waals surface area contributed by atoms with Crippen molar-refractivity contribution < 1.29 is 4.79 Å². The molecule has 4 N–H and O–H groups in total. The van der Waals surface area contributed by atoms with Crippen molar-refractivity contribution in [1.82, 2.24) is 15.1 Å². The first-order chi connectivity index (χ1) is 8.11. The van der Waals surface area contributed by atoms with Crippen LogP contribution in [0.1, 0.15) is 25.0 Å². The second kappa shape index (κ2) is 4.75. The number of hydrogen-bond donors (Lipinski definition) is 3. The highest BCUT2D eigenvalue weighted by Crippen LogP contribution is 2.25. The summed E-state index contributed by atoms with van der Waals surface area (Å²) in [6, 6.07) is 1.56. The largest absolute Gasteiger partial charge is 0.342 e. The molecule has 17 heavy (non-hydrogen) atoms. The first-order valence-corrected chi connectivity index (χ1v) is 5.88. The normalized spacial score (nSPS) is 21.8. The summed E-state index contributed by atoms with van der Waals surface area (Å²) >= 11 is 0. The van der Waals surface area contributed by atoms with Gasteiger partial charge < -0.3 is 15.7 Å². The van der Waals surface area contributed by atoms with E-state index < -0.39 is 0 Å². The van der Waals surface area contributed by atoms with E-state index in [1.165, 1.54) is 0 Å². The molecule has 0 saturated carbocycles. The molecular weight excluding hydrogens is 220 g/mol. The fraction of sp³-hybridized carbons (Fsp3) is 0.636. The van der Waals surface area contributed by atoms with Gasteiger partial charge in [0.05, 0.1) is 0 Å². The number of H-pyrrole nitrogens is 2. The maximum Gasteiger partial charge on any atom is 0.264 e. The number of carbonyl (C=O) groups is 1. The number of rotatable bonds is 3. The van der Waals surface area contributed by atoms with E-state index in [9.17, 15) is 9.59 Å². The molecule has 0 spiro atoms. The molecule has 1 aromatic rings. The van der Waals surface area contributed by atoms with Gasteiger partial charge in [0, 0.05) is 43.2 Å². The molecule has 6 heteroatoms. The molecule has 2 atom stereocenters. The predicted molar refractivity (Wildman–Crippen MR) is 63.6 cm³/mol. The van der Waals surface area contributed by atoms with Crippen molar-refractivity contribution in [3.63, 3.8) is 0 Å². The van der Waals surface area contributed by atoms with Crippen LogP contribution in [0.25, 0.3) is 0 Å². The van der Waals surface area contributed by atoms with Crippen LogP contribution in [0, 0.1) is 5.92 Å². The van der Waals surface area contributed by atoms with E-state index in [4.69, 9.17) is 5.73 Å². The van der Waals surface area contributed by atoms with E-state index in [1.54, 1.807) is 6.07 Å². The summed E-state index contributed by atoms with van der Waals surface area (Å²) in [6.07, 6.45) is 0.886. The number of aromatic nitrogens is 2. The summed E-state index contributed by atoms with van der Waals surface area (Å²) in [4.78, 5) is 24.8. The molecular formula is C11H18N4O2. The van der Waals surface area contributed by atoms with Gasteiger partial charge >= 0.3 is 0 Å². The van der Waals surface area contributed by atoms with Gasteiger partial charge in [-0.1, -0.05) is 6.92 Å².